The van der Waals surface area contributed by atoms with Crippen LogP contribution in [0.2, 0.25) is 5.02 Å². The van der Waals surface area contributed by atoms with Crippen LogP contribution >= 0.6 is 11.6 Å². The summed E-state index contributed by atoms with van der Waals surface area (Å²) in [5, 5.41) is 3.49. The molecule has 0 aromatic heterocycles. The van der Waals surface area contributed by atoms with E-state index in [1.54, 1.807) is 18.2 Å². The zero-order valence-electron chi connectivity index (χ0n) is 16.9. The number of hydrogen-bond donors (Lipinski definition) is 1. The van der Waals surface area contributed by atoms with Crippen molar-refractivity contribution >= 4 is 35.0 Å². The van der Waals surface area contributed by atoms with Gasteiger partial charge in [0.25, 0.3) is 0 Å². The summed E-state index contributed by atoms with van der Waals surface area (Å²) in [5.41, 5.74) is 1.34. The molecule has 1 spiro atoms. The van der Waals surface area contributed by atoms with E-state index in [9.17, 15) is 14.4 Å². The smallest absolute Gasteiger partial charge is 0.250 e. The van der Waals surface area contributed by atoms with Gasteiger partial charge < -0.3 is 5.32 Å². The van der Waals surface area contributed by atoms with E-state index >= 15 is 0 Å². The molecule has 31 heavy (non-hydrogen) atoms. The van der Waals surface area contributed by atoms with Gasteiger partial charge in [0.15, 0.2) is 0 Å². The number of amides is 3. The van der Waals surface area contributed by atoms with Gasteiger partial charge in [-0.15, -0.1) is 0 Å². The molecule has 2 aromatic carbocycles. The first kappa shape index (κ1) is 19.0. The summed E-state index contributed by atoms with van der Waals surface area (Å²) in [5.74, 6) is -1.77. The van der Waals surface area contributed by atoms with Gasteiger partial charge in [-0.25, -0.2) is 0 Å². The quantitative estimate of drug-likeness (QED) is 0.753. The molecule has 4 aliphatic rings. The van der Waals surface area contributed by atoms with Crippen molar-refractivity contribution in [1.29, 1.82) is 0 Å². The zero-order chi connectivity index (χ0) is 21.3. The number of anilines is 1. The fourth-order valence-corrected chi connectivity index (χ4v) is 6.51. The van der Waals surface area contributed by atoms with Gasteiger partial charge in [-0.2, -0.15) is 0 Å². The number of imide groups is 1. The molecule has 3 amide bonds. The number of carbonyl (C=O) groups is 3. The van der Waals surface area contributed by atoms with E-state index in [4.69, 9.17) is 11.6 Å². The molecular formula is C24H22ClN3O3. The average molecular weight is 436 g/mol. The second-order valence-electron chi connectivity index (χ2n) is 8.88. The monoisotopic (exact) mass is 435 g/mol. The number of likely N-dealkylation sites (tertiary alicyclic amines) is 1. The Balaban J connectivity index is 1.43. The second kappa shape index (κ2) is 6.65. The van der Waals surface area contributed by atoms with Crippen LogP contribution in [0.4, 0.5) is 5.69 Å². The highest BCUT2D eigenvalue weighted by Crippen LogP contribution is 2.60. The molecule has 3 fully saturated rings. The van der Waals surface area contributed by atoms with Crippen molar-refractivity contribution < 1.29 is 14.4 Å². The summed E-state index contributed by atoms with van der Waals surface area (Å²) in [4.78, 5) is 44.3. The highest BCUT2D eigenvalue weighted by Gasteiger charge is 2.74. The molecule has 4 atom stereocenters. The van der Waals surface area contributed by atoms with E-state index < -0.39 is 17.4 Å². The highest BCUT2D eigenvalue weighted by atomic mass is 35.5. The summed E-state index contributed by atoms with van der Waals surface area (Å²) in [6.45, 7) is 1.03. The third kappa shape index (κ3) is 2.40. The van der Waals surface area contributed by atoms with Crippen LogP contribution in [0, 0.1) is 11.8 Å². The first-order chi connectivity index (χ1) is 15.0. The molecule has 7 heteroatoms. The number of rotatable bonds is 3. The van der Waals surface area contributed by atoms with Crippen molar-refractivity contribution in [3.63, 3.8) is 0 Å². The Morgan fingerprint density at radius 3 is 2.68 bits per heavy atom. The summed E-state index contributed by atoms with van der Waals surface area (Å²) >= 11 is 6.31. The third-order valence-electron chi connectivity index (χ3n) is 7.51. The SMILES string of the molecule is O=C1[C@H]2[C@@H](C(=O)N1CCc1ccccc1)[C@]1(C(=O)Nc3ccc(Cl)cc31)N1CCC[C@@H]21. The maximum atomic E-state index is 13.7. The minimum Gasteiger partial charge on any atom is -0.324 e. The normalized spacial score (nSPS) is 31.3. The molecule has 4 aliphatic heterocycles. The van der Waals surface area contributed by atoms with Gasteiger partial charge in [0.2, 0.25) is 17.7 Å². The number of benzene rings is 2. The summed E-state index contributed by atoms with van der Waals surface area (Å²) < 4.78 is 0. The standard InChI is InChI=1S/C24H22ClN3O3/c25-15-8-9-17-16(13-15)24(23(31)26-17)20-19(18-7-4-11-28(18)24)21(29)27(22(20)30)12-10-14-5-2-1-3-6-14/h1-3,5-6,8-9,13,18-20H,4,7,10-12H2,(H,26,31)/t18-,19+,20-,24+/m0/s1. The highest BCUT2D eigenvalue weighted by molar-refractivity contribution is 6.31. The Morgan fingerprint density at radius 1 is 1.06 bits per heavy atom. The van der Waals surface area contributed by atoms with Crippen molar-refractivity contribution in [3.05, 3.63) is 64.7 Å². The Hall–Kier alpha value is -2.70. The molecule has 0 radical (unpaired) electrons. The van der Waals surface area contributed by atoms with Crippen LogP contribution < -0.4 is 5.32 Å². The van der Waals surface area contributed by atoms with Crippen LogP contribution in [0.5, 0.6) is 0 Å². The minimum atomic E-state index is -1.15. The number of hydrogen-bond acceptors (Lipinski definition) is 4. The Bertz CT molecular complexity index is 1120. The van der Waals surface area contributed by atoms with Gasteiger partial charge >= 0.3 is 0 Å². The fraction of sp³-hybridized carbons (Fsp3) is 0.375. The summed E-state index contributed by atoms with van der Waals surface area (Å²) in [7, 11) is 0. The van der Waals surface area contributed by atoms with Gasteiger partial charge in [-0.3, -0.25) is 24.2 Å². The predicted molar refractivity (Wildman–Crippen MR) is 115 cm³/mol. The zero-order valence-corrected chi connectivity index (χ0v) is 17.6. The molecule has 2 aromatic rings. The number of carbonyl (C=O) groups excluding carboxylic acids is 3. The van der Waals surface area contributed by atoms with E-state index in [2.05, 4.69) is 10.2 Å². The van der Waals surface area contributed by atoms with Gasteiger partial charge in [0.1, 0.15) is 5.54 Å². The van der Waals surface area contributed by atoms with Crippen LogP contribution in [-0.2, 0) is 26.3 Å². The number of nitrogens with one attached hydrogen (secondary N) is 1. The molecule has 4 heterocycles. The van der Waals surface area contributed by atoms with Crippen molar-refractivity contribution in [2.45, 2.75) is 30.8 Å². The Kier molecular flexibility index (Phi) is 4.08. The Labute approximate surface area is 185 Å². The molecular weight excluding hydrogens is 414 g/mol. The van der Waals surface area contributed by atoms with Crippen molar-refractivity contribution in [2.75, 3.05) is 18.4 Å². The molecule has 158 valence electrons. The molecule has 6 rings (SSSR count). The van der Waals surface area contributed by atoms with Gasteiger partial charge in [-0.05, 0) is 49.6 Å². The number of fused-ring (bicyclic) bond motifs is 7. The molecule has 1 N–H and O–H groups in total. The minimum absolute atomic E-state index is 0.0983. The predicted octanol–water partition coefficient (Wildman–Crippen LogP) is 2.81. The maximum Gasteiger partial charge on any atom is 0.250 e. The lowest BCUT2D eigenvalue weighted by molar-refractivity contribution is -0.145. The fourth-order valence-electron chi connectivity index (χ4n) is 6.34. The van der Waals surface area contributed by atoms with E-state index in [1.807, 2.05) is 30.3 Å². The number of nitrogens with zero attached hydrogens (tertiary/aromatic N) is 2. The molecule has 0 unspecified atom stereocenters. The summed E-state index contributed by atoms with van der Waals surface area (Å²) in [6.07, 6.45) is 2.33. The van der Waals surface area contributed by atoms with Crippen LogP contribution in [0.1, 0.15) is 24.0 Å². The average Bonchev–Trinajstić information content (AvgIpc) is 3.47. The van der Waals surface area contributed by atoms with E-state index in [-0.39, 0.29) is 23.8 Å². The van der Waals surface area contributed by atoms with Crippen LogP contribution in [-0.4, -0.2) is 46.7 Å². The summed E-state index contributed by atoms with van der Waals surface area (Å²) in [6, 6.07) is 15.1. The second-order valence-corrected chi connectivity index (χ2v) is 9.32. The molecule has 3 saturated heterocycles. The van der Waals surface area contributed by atoms with Crippen molar-refractivity contribution in [3.8, 4) is 0 Å². The van der Waals surface area contributed by atoms with Gasteiger partial charge in [0.05, 0.1) is 11.8 Å². The molecule has 6 nitrogen and oxygen atoms in total. The molecule has 0 saturated carbocycles. The van der Waals surface area contributed by atoms with E-state index in [1.165, 1.54) is 4.90 Å². The lowest BCUT2D eigenvalue weighted by Crippen LogP contribution is -2.54. The lowest BCUT2D eigenvalue weighted by Gasteiger charge is -2.36. The lowest BCUT2D eigenvalue weighted by atomic mass is 9.75. The van der Waals surface area contributed by atoms with Crippen LogP contribution in [0.15, 0.2) is 48.5 Å². The van der Waals surface area contributed by atoms with Gasteiger partial charge in [-0.1, -0.05) is 41.9 Å². The third-order valence-corrected chi connectivity index (χ3v) is 7.75. The topological polar surface area (TPSA) is 69.7 Å². The number of halogens is 1. The van der Waals surface area contributed by atoms with Crippen LogP contribution in [0.3, 0.4) is 0 Å². The van der Waals surface area contributed by atoms with E-state index in [0.717, 1.165) is 24.0 Å². The van der Waals surface area contributed by atoms with E-state index in [0.29, 0.717) is 30.2 Å². The molecule has 0 bridgehead atoms. The van der Waals surface area contributed by atoms with Crippen molar-refractivity contribution in [1.82, 2.24) is 9.80 Å². The Morgan fingerprint density at radius 2 is 1.87 bits per heavy atom. The first-order valence-electron chi connectivity index (χ1n) is 10.8. The maximum absolute atomic E-state index is 13.7. The largest absolute Gasteiger partial charge is 0.324 e. The first-order valence-corrected chi connectivity index (χ1v) is 11.2. The van der Waals surface area contributed by atoms with Gasteiger partial charge in [0, 0.05) is 28.9 Å². The van der Waals surface area contributed by atoms with Crippen molar-refractivity contribution in [2.24, 2.45) is 11.8 Å². The van der Waals surface area contributed by atoms with Crippen LogP contribution in [0.25, 0.3) is 0 Å². The molecule has 0 aliphatic carbocycles.